The van der Waals surface area contributed by atoms with Crippen LogP contribution in [0.3, 0.4) is 0 Å². The minimum atomic E-state index is 0.425. The lowest BCUT2D eigenvalue weighted by atomic mass is 10.2. The smallest absolute Gasteiger partial charge is 0.239 e. The first-order valence-corrected chi connectivity index (χ1v) is 6.32. The number of nitrogens with two attached hydrogens (primary N) is 1. The molecule has 6 nitrogen and oxygen atoms in total. The number of fused-ring (bicyclic) bond motifs is 1. The van der Waals surface area contributed by atoms with Crippen LogP contribution in [0, 0.1) is 0 Å². The predicted octanol–water partition coefficient (Wildman–Crippen LogP) is 1.28. The van der Waals surface area contributed by atoms with Gasteiger partial charge in [0.2, 0.25) is 5.95 Å². The largest absolute Gasteiger partial charge is 0.369 e. The number of hydrogen-bond donors (Lipinski definition) is 3. The number of benzene rings is 1. The van der Waals surface area contributed by atoms with Crippen LogP contribution in [0.15, 0.2) is 24.3 Å². The molecular formula is C13H20N6. The first-order valence-electron chi connectivity index (χ1n) is 6.32. The summed E-state index contributed by atoms with van der Waals surface area (Å²) in [5.74, 6) is 6.64. The van der Waals surface area contributed by atoms with Gasteiger partial charge in [-0.15, -0.1) is 0 Å². The third-order valence-electron chi connectivity index (χ3n) is 2.81. The minimum Gasteiger partial charge on any atom is -0.369 e. The van der Waals surface area contributed by atoms with Crippen molar-refractivity contribution in [1.82, 2.24) is 14.9 Å². The maximum atomic E-state index is 5.39. The molecule has 0 saturated heterocycles. The van der Waals surface area contributed by atoms with Gasteiger partial charge in [-0.05, 0) is 39.2 Å². The number of nitrogen functional groups attached to an aromatic ring is 1. The zero-order chi connectivity index (χ0) is 13.7. The van der Waals surface area contributed by atoms with Gasteiger partial charge < -0.3 is 10.2 Å². The van der Waals surface area contributed by atoms with Gasteiger partial charge in [0.1, 0.15) is 5.82 Å². The number of rotatable bonds is 6. The summed E-state index contributed by atoms with van der Waals surface area (Å²) < 4.78 is 0. The summed E-state index contributed by atoms with van der Waals surface area (Å²) in [6, 6.07) is 7.88. The Kier molecular flexibility index (Phi) is 4.48. The summed E-state index contributed by atoms with van der Waals surface area (Å²) >= 11 is 0. The molecule has 0 unspecified atom stereocenters. The lowest BCUT2D eigenvalue weighted by Gasteiger charge is -2.12. The molecule has 0 bridgehead atoms. The van der Waals surface area contributed by atoms with Crippen molar-refractivity contribution in [3.05, 3.63) is 24.3 Å². The first kappa shape index (κ1) is 13.5. The molecule has 0 spiro atoms. The predicted molar refractivity (Wildman–Crippen MR) is 79.0 cm³/mol. The van der Waals surface area contributed by atoms with Crippen molar-refractivity contribution in [2.24, 2.45) is 5.84 Å². The van der Waals surface area contributed by atoms with Crippen LogP contribution >= 0.6 is 0 Å². The normalized spacial score (nSPS) is 10.9. The third kappa shape index (κ3) is 3.52. The monoisotopic (exact) mass is 260 g/mol. The van der Waals surface area contributed by atoms with E-state index in [1.807, 2.05) is 24.3 Å². The fraction of sp³-hybridized carbons (Fsp3) is 0.385. The Morgan fingerprint density at radius 3 is 2.74 bits per heavy atom. The Hall–Kier alpha value is -1.92. The topological polar surface area (TPSA) is 79.1 Å². The average molecular weight is 260 g/mol. The molecule has 2 rings (SSSR count). The quantitative estimate of drug-likeness (QED) is 0.412. The molecule has 0 atom stereocenters. The summed E-state index contributed by atoms with van der Waals surface area (Å²) in [5, 5.41) is 4.35. The van der Waals surface area contributed by atoms with E-state index in [-0.39, 0.29) is 0 Å². The number of aromatic nitrogens is 2. The highest BCUT2D eigenvalue weighted by molar-refractivity contribution is 5.89. The highest BCUT2D eigenvalue weighted by Crippen LogP contribution is 2.21. The Morgan fingerprint density at radius 1 is 1.21 bits per heavy atom. The average Bonchev–Trinajstić information content (AvgIpc) is 2.42. The van der Waals surface area contributed by atoms with Gasteiger partial charge in [-0.25, -0.2) is 10.8 Å². The Balaban J connectivity index is 2.16. The molecule has 0 fully saturated rings. The molecule has 6 heteroatoms. The van der Waals surface area contributed by atoms with Gasteiger partial charge in [0.05, 0.1) is 5.52 Å². The third-order valence-corrected chi connectivity index (χ3v) is 2.81. The molecule has 4 N–H and O–H groups in total. The number of nitrogens with zero attached hydrogens (tertiary/aromatic N) is 3. The van der Waals surface area contributed by atoms with Gasteiger partial charge in [-0.3, -0.25) is 5.43 Å². The fourth-order valence-electron chi connectivity index (χ4n) is 1.88. The Morgan fingerprint density at radius 2 is 2.00 bits per heavy atom. The molecule has 102 valence electrons. The number of anilines is 2. The number of hydrazine groups is 1. The molecule has 19 heavy (non-hydrogen) atoms. The van der Waals surface area contributed by atoms with Crippen LogP contribution in [0.4, 0.5) is 11.8 Å². The van der Waals surface area contributed by atoms with Crippen molar-refractivity contribution in [2.75, 3.05) is 37.9 Å². The van der Waals surface area contributed by atoms with Gasteiger partial charge in [0, 0.05) is 11.9 Å². The summed E-state index contributed by atoms with van der Waals surface area (Å²) in [4.78, 5) is 10.8. The maximum absolute atomic E-state index is 5.39. The van der Waals surface area contributed by atoms with E-state index in [1.165, 1.54) is 0 Å². The van der Waals surface area contributed by atoms with Crippen LogP contribution in [0.2, 0.25) is 0 Å². The SMILES string of the molecule is CN(C)CCCNc1nc(NN)nc2ccccc12. The van der Waals surface area contributed by atoms with Crippen molar-refractivity contribution in [3.63, 3.8) is 0 Å². The van der Waals surface area contributed by atoms with Crippen LogP contribution in [-0.2, 0) is 0 Å². The molecular weight excluding hydrogens is 240 g/mol. The van der Waals surface area contributed by atoms with E-state index >= 15 is 0 Å². The van der Waals surface area contributed by atoms with Gasteiger partial charge in [-0.2, -0.15) is 4.98 Å². The second kappa shape index (κ2) is 6.31. The molecule has 0 saturated carbocycles. The first-order chi connectivity index (χ1) is 9.20. The summed E-state index contributed by atoms with van der Waals surface area (Å²) in [6.07, 6.45) is 1.05. The van der Waals surface area contributed by atoms with Gasteiger partial charge >= 0.3 is 0 Å². The van der Waals surface area contributed by atoms with E-state index in [4.69, 9.17) is 5.84 Å². The van der Waals surface area contributed by atoms with Gasteiger partial charge in [-0.1, -0.05) is 12.1 Å². The fourth-order valence-corrected chi connectivity index (χ4v) is 1.88. The number of hydrogen-bond acceptors (Lipinski definition) is 6. The molecule has 1 heterocycles. The molecule has 2 aromatic rings. The van der Waals surface area contributed by atoms with Crippen LogP contribution in [0.1, 0.15) is 6.42 Å². The lowest BCUT2D eigenvalue weighted by molar-refractivity contribution is 0.405. The van der Waals surface area contributed by atoms with E-state index < -0.39 is 0 Å². The van der Waals surface area contributed by atoms with E-state index in [0.29, 0.717) is 5.95 Å². The second-order valence-electron chi connectivity index (χ2n) is 4.64. The zero-order valence-electron chi connectivity index (χ0n) is 11.3. The van der Waals surface area contributed by atoms with Crippen LogP contribution in [0.5, 0.6) is 0 Å². The lowest BCUT2D eigenvalue weighted by Crippen LogP contribution is -2.17. The molecule has 0 amide bonds. The summed E-state index contributed by atoms with van der Waals surface area (Å²) in [6.45, 7) is 1.90. The second-order valence-corrected chi connectivity index (χ2v) is 4.64. The minimum absolute atomic E-state index is 0.425. The van der Waals surface area contributed by atoms with Crippen LogP contribution in [0.25, 0.3) is 10.9 Å². The summed E-state index contributed by atoms with van der Waals surface area (Å²) in [7, 11) is 4.13. The highest BCUT2D eigenvalue weighted by atomic mass is 15.3. The zero-order valence-corrected chi connectivity index (χ0v) is 11.3. The van der Waals surface area contributed by atoms with Crippen LogP contribution < -0.4 is 16.6 Å². The van der Waals surface area contributed by atoms with Gasteiger partial charge in [0.15, 0.2) is 0 Å². The van der Waals surface area contributed by atoms with Crippen molar-refractivity contribution in [2.45, 2.75) is 6.42 Å². The number of nitrogens with one attached hydrogen (secondary N) is 2. The molecule has 0 radical (unpaired) electrons. The molecule has 0 aliphatic carbocycles. The van der Waals surface area contributed by atoms with E-state index in [2.05, 4.69) is 39.7 Å². The van der Waals surface area contributed by atoms with E-state index in [0.717, 1.165) is 36.2 Å². The molecule has 0 aliphatic rings. The molecule has 0 aliphatic heterocycles. The van der Waals surface area contributed by atoms with Crippen molar-refractivity contribution < 1.29 is 0 Å². The van der Waals surface area contributed by atoms with Gasteiger partial charge in [0.25, 0.3) is 0 Å². The van der Waals surface area contributed by atoms with E-state index in [1.54, 1.807) is 0 Å². The standard InChI is InChI=1S/C13H20N6/c1-19(2)9-5-8-15-12-10-6-3-4-7-11(10)16-13(17-12)18-14/h3-4,6-7H,5,8-9,14H2,1-2H3,(H2,15,16,17,18). The maximum Gasteiger partial charge on any atom is 0.239 e. The van der Waals surface area contributed by atoms with Crippen LogP contribution in [-0.4, -0.2) is 42.1 Å². The Bertz CT molecular complexity index is 540. The Labute approximate surface area is 113 Å². The van der Waals surface area contributed by atoms with Crippen molar-refractivity contribution >= 4 is 22.7 Å². The van der Waals surface area contributed by atoms with Crippen molar-refractivity contribution in [1.29, 1.82) is 0 Å². The number of para-hydroxylation sites is 1. The molecule has 1 aromatic carbocycles. The highest BCUT2D eigenvalue weighted by Gasteiger charge is 2.06. The van der Waals surface area contributed by atoms with Crippen molar-refractivity contribution in [3.8, 4) is 0 Å². The van der Waals surface area contributed by atoms with E-state index in [9.17, 15) is 0 Å². The summed E-state index contributed by atoms with van der Waals surface area (Å²) in [5.41, 5.74) is 3.37. The molecule has 1 aromatic heterocycles.